The number of nitrogens with zero attached hydrogens (tertiary/aromatic N) is 2. The van der Waals surface area contributed by atoms with Crippen LogP contribution in [0.1, 0.15) is 25.5 Å². The highest BCUT2D eigenvalue weighted by Gasteiger charge is 2.22. The highest BCUT2D eigenvalue weighted by Crippen LogP contribution is 2.19. The Labute approximate surface area is 114 Å². The molecule has 1 N–H and O–H groups in total. The largest absolute Gasteiger partial charge is 0.355 e. The maximum atomic E-state index is 11.4. The number of aromatic nitrogens is 1. The van der Waals surface area contributed by atoms with Crippen molar-refractivity contribution in [3.05, 3.63) is 23.9 Å². The van der Waals surface area contributed by atoms with E-state index in [4.69, 9.17) is 0 Å². The lowest BCUT2D eigenvalue weighted by atomic mass is 10.1. The summed E-state index contributed by atoms with van der Waals surface area (Å²) in [6.07, 6.45) is 1.79. The van der Waals surface area contributed by atoms with Crippen molar-refractivity contribution in [2.24, 2.45) is 0 Å². The zero-order valence-electron chi connectivity index (χ0n) is 11.5. The Morgan fingerprint density at radius 3 is 2.74 bits per heavy atom. The summed E-state index contributed by atoms with van der Waals surface area (Å²) in [5.74, 6) is 1.32. The van der Waals surface area contributed by atoms with Gasteiger partial charge in [-0.1, -0.05) is 6.92 Å². The number of rotatable bonds is 4. The van der Waals surface area contributed by atoms with Gasteiger partial charge in [0.05, 0.1) is 11.5 Å². The van der Waals surface area contributed by atoms with E-state index < -0.39 is 9.84 Å². The van der Waals surface area contributed by atoms with Crippen molar-refractivity contribution in [3.63, 3.8) is 0 Å². The minimum atomic E-state index is -2.84. The van der Waals surface area contributed by atoms with Gasteiger partial charge in [0.1, 0.15) is 5.82 Å². The van der Waals surface area contributed by atoms with Crippen LogP contribution in [0.2, 0.25) is 0 Å². The van der Waals surface area contributed by atoms with Gasteiger partial charge >= 0.3 is 0 Å². The third-order valence-electron chi connectivity index (χ3n) is 3.45. The fourth-order valence-electron chi connectivity index (χ4n) is 2.24. The Balaban J connectivity index is 2.11. The first kappa shape index (κ1) is 14.3. The molecule has 1 aliphatic heterocycles. The lowest BCUT2D eigenvalue weighted by Gasteiger charge is -2.28. The van der Waals surface area contributed by atoms with E-state index in [1.54, 1.807) is 6.20 Å². The molecule has 106 valence electrons. The van der Waals surface area contributed by atoms with E-state index >= 15 is 0 Å². The number of hydrogen-bond donors (Lipinski definition) is 1. The van der Waals surface area contributed by atoms with Crippen LogP contribution >= 0.6 is 0 Å². The fourth-order valence-corrected chi connectivity index (χ4v) is 3.44. The van der Waals surface area contributed by atoms with Crippen molar-refractivity contribution in [1.29, 1.82) is 0 Å². The average Bonchev–Trinajstić information content (AvgIpc) is 2.39. The highest BCUT2D eigenvalue weighted by atomic mass is 32.2. The zero-order valence-corrected chi connectivity index (χ0v) is 12.3. The molecule has 1 aliphatic rings. The van der Waals surface area contributed by atoms with Gasteiger partial charge in [0.2, 0.25) is 0 Å². The molecule has 0 aliphatic carbocycles. The molecule has 19 heavy (non-hydrogen) atoms. The number of pyridine rings is 1. The molecule has 1 aromatic rings. The van der Waals surface area contributed by atoms with Crippen LogP contribution in [-0.4, -0.2) is 44.5 Å². The maximum Gasteiger partial charge on any atom is 0.153 e. The predicted octanol–water partition coefficient (Wildman–Crippen LogP) is 0.987. The lowest BCUT2D eigenvalue weighted by molar-refractivity contribution is 0.585. The van der Waals surface area contributed by atoms with Crippen LogP contribution < -0.4 is 10.2 Å². The molecule has 2 rings (SSSR count). The molecule has 0 spiro atoms. The SMILES string of the molecule is CCNC(C)c1ccnc(N2CCS(=O)(=O)CC2)c1. The number of sulfone groups is 1. The van der Waals surface area contributed by atoms with Gasteiger partial charge in [-0.05, 0) is 31.2 Å². The summed E-state index contributed by atoms with van der Waals surface area (Å²) in [6.45, 7) is 6.18. The molecular weight excluding hydrogens is 262 g/mol. The Kier molecular flexibility index (Phi) is 4.42. The van der Waals surface area contributed by atoms with E-state index in [9.17, 15) is 8.42 Å². The van der Waals surface area contributed by atoms with Crippen LogP contribution in [0, 0.1) is 0 Å². The second-order valence-electron chi connectivity index (χ2n) is 4.87. The van der Waals surface area contributed by atoms with E-state index in [1.807, 2.05) is 17.0 Å². The van der Waals surface area contributed by atoms with Crippen LogP contribution in [0.4, 0.5) is 5.82 Å². The van der Waals surface area contributed by atoms with Gasteiger partial charge in [-0.15, -0.1) is 0 Å². The second kappa shape index (κ2) is 5.88. The summed E-state index contributed by atoms with van der Waals surface area (Å²) in [7, 11) is -2.84. The van der Waals surface area contributed by atoms with E-state index in [2.05, 4.69) is 24.1 Å². The van der Waals surface area contributed by atoms with Gasteiger partial charge in [0, 0.05) is 25.3 Å². The molecule has 1 saturated heterocycles. The summed E-state index contributed by atoms with van der Waals surface area (Å²) in [5, 5.41) is 3.36. The molecule has 0 amide bonds. The van der Waals surface area contributed by atoms with Crippen LogP contribution in [0.25, 0.3) is 0 Å². The highest BCUT2D eigenvalue weighted by molar-refractivity contribution is 7.91. The Hall–Kier alpha value is -1.14. The predicted molar refractivity (Wildman–Crippen MR) is 77.2 cm³/mol. The van der Waals surface area contributed by atoms with E-state index in [0.29, 0.717) is 13.1 Å². The van der Waals surface area contributed by atoms with Crippen molar-refractivity contribution in [2.75, 3.05) is 36.0 Å². The van der Waals surface area contributed by atoms with Gasteiger partial charge in [-0.3, -0.25) is 0 Å². The van der Waals surface area contributed by atoms with Crippen molar-refractivity contribution >= 4 is 15.7 Å². The molecule has 1 unspecified atom stereocenters. The molecule has 6 heteroatoms. The molecule has 2 heterocycles. The minimum Gasteiger partial charge on any atom is -0.355 e. The Morgan fingerprint density at radius 1 is 1.42 bits per heavy atom. The number of nitrogens with one attached hydrogen (secondary N) is 1. The van der Waals surface area contributed by atoms with Crippen molar-refractivity contribution in [1.82, 2.24) is 10.3 Å². The van der Waals surface area contributed by atoms with Gasteiger partial charge < -0.3 is 10.2 Å². The summed E-state index contributed by atoms with van der Waals surface area (Å²) >= 11 is 0. The molecule has 0 radical (unpaired) electrons. The molecule has 1 fully saturated rings. The van der Waals surface area contributed by atoms with Gasteiger partial charge in [0.25, 0.3) is 0 Å². The standard InChI is InChI=1S/C13H21N3O2S/c1-3-14-11(2)12-4-5-15-13(10-12)16-6-8-19(17,18)9-7-16/h4-5,10-11,14H,3,6-9H2,1-2H3. The summed E-state index contributed by atoms with van der Waals surface area (Å²) in [6, 6.07) is 4.32. The topological polar surface area (TPSA) is 62.3 Å². The van der Waals surface area contributed by atoms with Gasteiger partial charge in [0.15, 0.2) is 9.84 Å². The molecule has 0 bridgehead atoms. The molecule has 0 aromatic carbocycles. The molecule has 5 nitrogen and oxygen atoms in total. The third kappa shape index (κ3) is 3.67. The average molecular weight is 283 g/mol. The second-order valence-corrected chi connectivity index (χ2v) is 7.17. The first-order valence-electron chi connectivity index (χ1n) is 6.66. The number of anilines is 1. The van der Waals surface area contributed by atoms with E-state index in [1.165, 1.54) is 5.56 Å². The maximum absolute atomic E-state index is 11.4. The first-order chi connectivity index (χ1) is 9.02. The van der Waals surface area contributed by atoms with Gasteiger partial charge in [-0.2, -0.15) is 0 Å². The van der Waals surface area contributed by atoms with E-state index in [-0.39, 0.29) is 17.5 Å². The number of hydrogen-bond acceptors (Lipinski definition) is 5. The summed E-state index contributed by atoms with van der Waals surface area (Å²) in [4.78, 5) is 6.40. The van der Waals surface area contributed by atoms with Crippen molar-refractivity contribution in [3.8, 4) is 0 Å². The van der Waals surface area contributed by atoms with Crippen LogP contribution in [0.3, 0.4) is 0 Å². The zero-order chi connectivity index (χ0) is 13.9. The van der Waals surface area contributed by atoms with Gasteiger partial charge in [-0.25, -0.2) is 13.4 Å². The summed E-state index contributed by atoms with van der Waals surface area (Å²) in [5.41, 5.74) is 1.18. The first-order valence-corrected chi connectivity index (χ1v) is 8.48. The normalized spacial score (nSPS) is 20.2. The fraction of sp³-hybridized carbons (Fsp3) is 0.615. The van der Waals surface area contributed by atoms with Crippen molar-refractivity contribution < 1.29 is 8.42 Å². The Bertz CT molecular complexity index is 516. The lowest BCUT2D eigenvalue weighted by Crippen LogP contribution is -2.40. The molecular formula is C13H21N3O2S. The minimum absolute atomic E-state index is 0.224. The van der Waals surface area contributed by atoms with Crippen molar-refractivity contribution in [2.45, 2.75) is 19.9 Å². The Morgan fingerprint density at radius 2 is 2.11 bits per heavy atom. The van der Waals surface area contributed by atoms with E-state index in [0.717, 1.165) is 12.4 Å². The molecule has 0 saturated carbocycles. The molecule has 1 atom stereocenters. The monoisotopic (exact) mass is 283 g/mol. The van der Waals surface area contributed by atoms with Crippen LogP contribution in [-0.2, 0) is 9.84 Å². The smallest absolute Gasteiger partial charge is 0.153 e. The molecule has 1 aromatic heterocycles. The van der Waals surface area contributed by atoms with Crippen LogP contribution in [0.5, 0.6) is 0 Å². The third-order valence-corrected chi connectivity index (χ3v) is 5.06. The quantitative estimate of drug-likeness (QED) is 0.893. The summed E-state index contributed by atoms with van der Waals surface area (Å²) < 4.78 is 22.9. The van der Waals surface area contributed by atoms with Crippen LogP contribution in [0.15, 0.2) is 18.3 Å².